The first-order valence-electron chi connectivity index (χ1n) is 10.8. The van der Waals surface area contributed by atoms with Gasteiger partial charge in [-0.3, -0.25) is 9.69 Å². The van der Waals surface area contributed by atoms with Crippen molar-refractivity contribution in [2.75, 3.05) is 13.1 Å². The third-order valence-electron chi connectivity index (χ3n) is 6.18. The van der Waals surface area contributed by atoms with Crippen LogP contribution < -0.4 is 5.32 Å². The monoisotopic (exact) mass is 442 g/mol. The Kier molecular flexibility index (Phi) is 7.94. The average Bonchev–Trinajstić information content (AvgIpc) is 3.12. The molecule has 1 aromatic rings. The van der Waals surface area contributed by atoms with Gasteiger partial charge in [0.05, 0.1) is 6.10 Å². The van der Waals surface area contributed by atoms with Crippen molar-refractivity contribution in [1.82, 2.24) is 10.2 Å². The molecule has 1 aromatic carbocycles. The number of benzene rings is 1. The fourth-order valence-corrected chi connectivity index (χ4v) is 4.25. The van der Waals surface area contributed by atoms with Gasteiger partial charge in [-0.2, -0.15) is 13.2 Å². The van der Waals surface area contributed by atoms with Gasteiger partial charge in [-0.05, 0) is 50.5 Å². The van der Waals surface area contributed by atoms with Crippen molar-refractivity contribution in [3.8, 4) is 0 Å². The van der Waals surface area contributed by atoms with Crippen LogP contribution in [0.1, 0.15) is 44.1 Å². The number of likely N-dealkylation sites (tertiary alicyclic amines) is 1. The van der Waals surface area contributed by atoms with Gasteiger partial charge in [0.25, 0.3) is 0 Å². The quantitative estimate of drug-likeness (QED) is 0.733. The fourth-order valence-electron chi connectivity index (χ4n) is 4.25. The third-order valence-corrected chi connectivity index (χ3v) is 6.18. The number of rotatable bonds is 5. The molecule has 2 N–H and O–H groups in total. The summed E-state index contributed by atoms with van der Waals surface area (Å²) in [6.45, 7) is 2.19. The molecule has 2 saturated heterocycles. The van der Waals surface area contributed by atoms with E-state index in [-0.39, 0.29) is 18.1 Å². The highest BCUT2D eigenvalue weighted by atomic mass is 19.4. The lowest BCUT2D eigenvalue weighted by Gasteiger charge is -2.36. The number of ether oxygens (including phenoxy) is 1. The lowest BCUT2D eigenvalue weighted by atomic mass is 9.92. The Labute approximate surface area is 179 Å². The first kappa shape index (κ1) is 23.5. The molecular formula is C22H29F3N2O4. The molecule has 2 aliphatic heterocycles. The number of carbonyl (C=O) groups is 2. The van der Waals surface area contributed by atoms with Crippen LogP contribution >= 0.6 is 0 Å². The second kappa shape index (κ2) is 10.5. The van der Waals surface area contributed by atoms with Gasteiger partial charge < -0.3 is 15.2 Å². The van der Waals surface area contributed by atoms with Crippen LogP contribution in [-0.4, -0.2) is 65.4 Å². The van der Waals surface area contributed by atoms with Crippen molar-refractivity contribution in [3.63, 3.8) is 0 Å². The Morgan fingerprint density at radius 2 is 1.77 bits per heavy atom. The number of carboxylic acids is 1. The topological polar surface area (TPSA) is 78.9 Å². The summed E-state index contributed by atoms with van der Waals surface area (Å²) in [5, 5.41) is 10.3. The minimum absolute atomic E-state index is 0.126. The second-order valence-electron chi connectivity index (χ2n) is 8.31. The van der Waals surface area contributed by atoms with E-state index in [1.165, 1.54) is 12.0 Å². The Morgan fingerprint density at radius 1 is 1.10 bits per heavy atom. The van der Waals surface area contributed by atoms with Crippen molar-refractivity contribution >= 4 is 11.9 Å². The summed E-state index contributed by atoms with van der Waals surface area (Å²) in [6, 6.07) is 11.6. The molecule has 3 atom stereocenters. The lowest BCUT2D eigenvalue weighted by molar-refractivity contribution is -0.192. The van der Waals surface area contributed by atoms with E-state index in [0.717, 1.165) is 51.6 Å². The highest BCUT2D eigenvalue weighted by molar-refractivity contribution is 5.81. The molecule has 0 radical (unpaired) electrons. The van der Waals surface area contributed by atoms with E-state index in [9.17, 15) is 18.0 Å². The summed E-state index contributed by atoms with van der Waals surface area (Å²) in [4.78, 5) is 23.8. The largest absolute Gasteiger partial charge is 0.490 e. The maximum Gasteiger partial charge on any atom is 0.490 e. The standard InChI is InChI=1S/C20H28N2O2.C2HF3O2/c23-20(21-16-7-4-8-16)19-10-9-17-18(24-19)12-14-22(17)13-11-15-5-2-1-3-6-15;3-2(4,5)1(6)7/h1-3,5-6,16-19H,4,7-14H2,(H,21,23);(H,6,7)/t17-,18-,19+;/m1./s1. The number of fused-ring (bicyclic) bond motifs is 1. The summed E-state index contributed by atoms with van der Waals surface area (Å²) in [6.07, 6.45) is 2.56. The Bertz CT molecular complexity index is 740. The zero-order valence-corrected chi connectivity index (χ0v) is 17.3. The molecule has 6 nitrogen and oxygen atoms in total. The lowest BCUT2D eigenvalue weighted by Crippen LogP contribution is -2.51. The molecule has 0 bridgehead atoms. The highest BCUT2D eigenvalue weighted by Crippen LogP contribution is 2.32. The van der Waals surface area contributed by atoms with Gasteiger partial charge in [-0.25, -0.2) is 4.79 Å². The molecule has 0 spiro atoms. The van der Waals surface area contributed by atoms with Crippen LogP contribution in [0.3, 0.4) is 0 Å². The molecule has 1 saturated carbocycles. The van der Waals surface area contributed by atoms with Gasteiger partial charge in [-0.1, -0.05) is 30.3 Å². The van der Waals surface area contributed by atoms with Gasteiger partial charge in [-0.15, -0.1) is 0 Å². The van der Waals surface area contributed by atoms with E-state index in [1.54, 1.807) is 0 Å². The summed E-state index contributed by atoms with van der Waals surface area (Å²) < 4.78 is 37.9. The van der Waals surface area contributed by atoms with E-state index in [4.69, 9.17) is 14.6 Å². The fraction of sp³-hybridized carbons (Fsp3) is 0.636. The first-order chi connectivity index (χ1) is 14.7. The number of halogens is 3. The van der Waals surface area contributed by atoms with Crippen molar-refractivity contribution in [3.05, 3.63) is 35.9 Å². The maximum absolute atomic E-state index is 12.3. The molecule has 3 fully saturated rings. The van der Waals surface area contributed by atoms with Crippen LogP contribution in [0.15, 0.2) is 30.3 Å². The van der Waals surface area contributed by atoms with E-state index < -0.39 is 12.1 Å². The van der Waals surface area contributed by atoms with Crippen molar-refractivity contribution in [2.24, 2.45) is 0 Å². The van der Waals surface area contributed by atoms with Crippen molar-refractivity contribution in [2.45, 2.75) is 75.4 Å². The molecule has 1 aliphatic carbocycles. The summed E-state index contributed by atoms with van der Waals surface area (Å²) in [7, 11) is 0. The van der Waals surface area contributed by atoms with Crippen LogP contribution in [0.2, 0.25) is 0 Å². The van der Waals surface area contributed by atoms with E-state index in [2.05, 4.69) is 40.5 Å². The predicted molar refractivity (Wildman–Crippen MR) is 107 cm³/mol. The normalized spacial score (nSPS) is 26.2. The number of carbonyl (C=O) groups excluding carboxylic acids is 1. The molecule has 0 unspecified atom stereocenters. The minimum Gasteiger partial charge on any atom is -0.475 e. The van der Waals surface area contributed by atoms with E-state index in [1.807, 2.05) is 0 Å². The van der Waals surface area contributed by atoms with Crippen LogP contribution in [0, 0.1) is 0 Å². The summed E-state index contributed by atoms with van der Waals surface area (Å²) in [5.41, 5.74) is 1.40. The molecule has 4 rings (SSSR count). The number of hydrogen-bond acceptors (Lipinski definition) is 4. The van der Waals surface area contributed by atoms with Crippen LogP contribution in [0.4, 0.5) is 13.2 Å². The molecule has 31 heavy (non-hydrogen) atoms. The Hall–Kier alpha value is -2.13. The number of hydrogen-bond donors (Lipinski definition) is 2. The average molecular weight is 442 g/mol. The van der Waals surface area contributed by atoms with Gasteiger partial charge in [0, 0.05) is 25.2 Å². The third kappa shape index (κ3) is 6.67. The number of amides is 1. The number of aliphatic carboxylic acids is 1. The van der Waals surface area contributed by atoms with Crippen LogP contribution in [0.5, 0.6) is 0 Å². The van der Waals surface area contributed by atoms with E-state index in [0.29, 0.717) is 12.1 Å². The van der Waals surface area contributed by atoms with Gasteiger partial charge in [0.2, 0.25) is 5.91 Å². The maximum atomic E-state index is 12.3. The SMILES string of the molecule is O=C(NC1CCC1)[C@@H]1CC[C@@H]2[C@@H](CCN2CCc2ccccc2)O1.O=C(O)C(F)(F)F. The Morgan fingerprint density at radius 3 is 2.35 bits per heavy atom. The van der Waals surface area contributed by atoms with Gasteiger partial charge >= 0.3 is 12.1 Å². The number of carboxylic acid groups (broad SMARTS) is 1. The zero-order chi connectivity index (χ0) is 22.4. The molecular weight excluding hydrogens is 413 g/mol. The Balaban J connectivity index is 0.000000339. The summed E-state index contributed by atoms with van der Waals surface area (Å²) >= 11 is 0. The molecule has 1 amide bonds. The molecule has 2 heterocycles. The molecule has 3 aliphatic rings. The summed E-state index contributed by atoms with van der Waals surface area (Å²) in [5.74, 6) is -2.63. The highest BCUT2D eigenvalue weighted by Gasteiger charge is 2.42. The van der Waals surface area contributed by atoms with Crippen LogP contribution in [-0.2, 0) is 20.7 Å². The van der Waals surface area contributed by atoms with Gasteiger partial charge in [0.15, 0.2) is 0 Å². The first-order valence-corrected chi connectivity index (χ1v) is 10.8. The number of nitrogens with one attached hydrogen (secondary N) is 1. The van der Waals surface area contributed by atoms with E-state index >= 15 is 0 Å². The molecule has 172 valence electrons. The molecule has 9 heteroatoms. The predicted octanol–water partition coefficient (Wildman–Crippen LogP) is 3.15. The molecule has 0 aromatic heterocycles. The van der Waals surface area contributed by atoms with Crippen molar-refractivity contribution < 1.29 is 32.6 Å². The van der Waals surface area contributed by atoms with Crippen LogP contribution in [0.25, 0.3) is 0 Å². The minimum atomic E-state index is -5.08. The number of alkyl halides is 3. The zero-order valence-electron chi connectivity index (χ0n) is 17.3. The van der Waals surface area contributed by atoms with Crippen molar-refractivity contribution in [1.29, 1.82) is 0 Å². The number of nitrogens with zero attached hydrogens (tertiary/aromatic N) is 1. The van der Waals surface area contributed by atoms with Gasteiger partial charge in [0.1, 0.15) is 6.10 Å². The smallest absolute Gasteiger partial charge is 0.475 e. The second-order valence-corrected chi connectivity index (χ2v) is 8.31.